The van der Waals surface area contributed by atoms with E-state index >= 15 is 0 Å². The van der Waals surface area contributed by atoms with Gasteiger partial charge >= 0.3 is 5.69 Å². The molecule has 1 aliphatic rings. The summed E-state index contributed by atoms with van der Waals surface area (Å²) in [5.74, 6) is 0. The molecule has 11 nitrogen and oxygen atoms in total. The van der Waals surface area contributed by atoms with Crippen LogP contribution in [-0.2, 0) is 14.2 Å². The van der Waals surface area contributed by atoms with E-state index in [-0.39, 0.29) is 19.8 Å². The van der Waals surface area contributed by atoms with Crippen molar-refractivity contribution < 1.29 is 19.3 Å². The molecular formula is C12H17N5O6. The molecule has 0 saturated carbocycles. The highest BCUT2D eigenvalue weighted by Gasteiger charge is 2.45. The molecule has 1 aromatic heterocycles. The molecule has 2 heterocycles. The summed E-state index contributed by atoms with van der Waals surface area (Å²) in [5, 5.41) is 13.7. The van der Waals surface area contributed by atoms with Gasteiger partial charge in [0.1, 0.15) is 12.2 Å². The quantitative estimate of drug-likeness (QED) is 0.287. The van der Waals surface area contributed by atoms with Gasteiger partial charge in [-0.2, -0.15) is 0 Å². The fraction of sp³-hybridized carbons (Fsp3) is 0.667. The van der Waals surface area contributed by atoms with E-state index in [0.717, 1.165) is 10.6 Å². The summed E-state index contributed by atoms with van der Waals surface area (Å²) in [4.78, 5) is 27.8. The van der Waals surface area contributed by atoms with Crippen LogP contribution in [0.3, 0.4) is 0 Å². The second kappa shape index (κ2) is 7.90. The number of hydrogen-bond donors (Lipinski definition) is 2. The van der Waals surface area contributed by atoms with Gasteiger partial charge in [0.15, 0.2) is 6.23 Å². The third-order valence-corrected chi connectivity index (χ3v) is 3.36. The van der Waals surface area contributed by atoms with Gasteiger partial charge in [-0.1, -0.05) is 5.11 Å². The smallest absolute Gasteiger partial charge is 0.330 e. The molecule has 0 aliphatic carbocycles. The lowest BCUT2D eigenvalue weighted by Gasteiger charge is -2.22. The maximum atomic E-state index is 11.9. The van der Waals surface area contributed by atoms with Crippen LogP contribution in [-0.4, -0.2) is 59.8 Å². The molecule has 0 aromatic carbocycles. The summed E-state index contributed by atoms with van der Waals surface area (Å²) >= 11 is 0. The average molecular weight is 327 g/mol. The lowest BCUT2D eigenvalue weighted by molar-refractivity contribution is -0.0792. The molecule has 1 fully saturated rings. The van der Waals surface area contributed by atoms with Gasteiger partial charge in [-0.15, -0.1) is 0 Å². The van der Waals surface area contributed by atoms with E-state index in [9.17, 15) is 14.7 Å². The molecule has 0 spiro atoms. The average Bonchev–Trinajstić information content (AvgIpc) is 2.82. The first-order chi connectivity index (χ1) is 11.1. The van der Waals surface area contributed by atoms with Crippen molar-refractivity contribution in [2.24, 2.45) is 5.11 Å². The fourth-order valence-corrected chi connectivity index (χ4v) is 2.29. The minimum absolute atomic E-state index is 0.115. The largest absolute Gasteiger partial charge is 0.388 e. The van der Waals surface area contributed by atoms with Gasteiger partial charge in [0.25, 0.3) is 5.56 Å². The van der Waals surface area contributed by atoms with Crippen LogP contribution in [0.4, 0.5) is 0 Å². The number of aromatic nitrogens is 2. The van der Waals surface area contributed by atoms with E-state index in [2.05, 4.69) is 15.0 Å². The molecular weight excluding hydrogens is 310 g/mol. The topological polar surface area (TPSA) is 152 Å². The first kappa shape index (κ1) is 17.2. The van der Waals surface area contributed by atoms with Crippen LogP contribution in [0.25, 0.3) is 10.4 Å². The molecule has 0 amide bonds. The maximum absolute atomic E-state index is 11.9. The van der Waals surface area contributed by atoms with Crippen LogP contribution in [0.5, 0.6) is 0 Å². The lowest BCUT2D eigenvalue weighted by Crippen LogP contribution is -2.39. The molecule has 126 valence electrons. The van der Waals surface area contributed by atoms with Crippen LogP contribution in [0.2, 0.25) is 0 Å². The van der Waals surface area contributed by atoms with E-state index in [1.165, 1.54) is 13.3 Å². The zero-order chi connectivity index (χ0) is 16.8. The predicted molar refractivity (Wildman–Crippen MR) is 76.9 cm³/mol. The van der Waals surface area contributed by atoms with Gasteiger partial charge in [-0.3, -0.25) is 14.3 Å². The number of azide groups is 1. The number of nitrogens with zero attached hydrogens (tertiary/aromatic N) is 4. The number of nitrogens with one attached hydrogen (secondary N) is 1. The molecule has 1 aliphatic heterocycles. The zero-order valence-corrected chi connectivity index (χ0v) is 12.4. The van der Waals surface area contributed by atoms with Crippen molar-refractivity contribution in [3.63, 3.8) is 0 Å². The Balaban J connectivity index is 2.26. The Morgan fingerprint density at radius 2 is 2.30 bits per heavy atom. The Bertz CT molecular complexity index is 681. The summed E-state index contributed by atoms with van der Waals surface area (Å²) in [7, 11) is 1.50. The molecule has 2 N–H and O–H groups in total. The van der Waals surface area contributed by atoms with Gasteiger partial charge in [-0.05, 0) is 5.53 Å². The predicted octanol–water partition coefficient (Wildman–Crippen LogP) is -0.863. The first-order valence-corrected chi connectivity index (χ1v) is 6.85. The number of methoxy groups -OCH3 is 1. The number of rotatable bonds is 7. The Morgan fingerprint density at radius 3 is 2.96 bits per heavy atom. The third-order valence-electron chi connectivity index (χ3n) is 3.36. The highest BCUT2D eigenvalue weighted by Crippen LogP contribution is 2.31. The Hall–Kier alpha value is -2.17. The van der Waals surface area contributed by atoms with Crippen molar-refractivity contribution in [3.8, 4) is 0 Å². The van der Waals surface area contributed by atoms with Crippen LogP contribution in [0.1, 0.15) is 6.23 Å². The second-order valence-corrected chi connectivity index (χ2v) is 4.81. The maximum Gasteiger partial charge on any atom is 0.330 e. The summed E-state index contributed by atoms with van der Waals surface area (Å²) in [6.07, 6.45) is -2.54. The lowest BCUT2D eigenvalue weighted by atomic mass is 10.1. The number of H-pyrrole nitrogens is 1. The van der Waals surface area contributed by atoms with E-state index in [4.69, 9.17) is 19.7 Å². The van der Waals surface area contributed by atoms with Crippen molar-refractivity contribution in [2.75, 3.05) is 26.9 Å². The minimum atomic E-state index is -1.11. The van der Waals surface area contributed by atoms with Gasteiger partial charge in [0.05, 0.1) is 25.9 Å². The number of aliphatic hydroxyl groups excluding tert-OH is 1. The van der Waals surface area contributed by atoms with Gasteiger partial charge in [0, 0.05) is 24.3 Å². The summed E-state index contributed by atoms with van der Waals surface area (Å²) in [6, 6.07) is 1.16. The van der Waals surface area contributed by atoms with E-state index < -0.39 is 35.8 Å². The Kier molecular flexibility index (Phi) is 5.90. The molecule has 0 radical (unpaired) electrons. The van der Waals surface area contributed by atoms with E-state index in [0.29, 0.717) is 0 Å². The van der Waals surface area contributed by atoms with Gasteiger partial charge < -0.3 is 19.3 Å². The third kappa shape index (κ3) is 3.97. The highest BCUT2D eigenvalue weighted by atomic mass is 16.6. The number of aromatic amines is 1. The van der Waals surface area contributed by atoms with Crippen molar-refractivity contribution in [1.29, 1.82) is 0 Å². The summed E-state index contributed by atoms with van der Waals surface area (Å²) in [6.45, 7) is 0.346. The summed E-state index contributed by atoms with van der Waals surface area (Å²) in [5.41, 5.74) is 7.14. The molecule has 1 saturated heterocycles. The van der Waals surface area contributed by atoms with Crippen LogP contribution in [0.15, 0.2) is 27.0 Å². The minimum Gasteiger partial charge on any atom is -0.388 e. The van der Waals surface area contributed by atoms with Crippen molar-refractivity contribution in [1.82, 2.24) is 9.55 Å². The molecule has 1 aromatic rings. The number of hydrogen-bond acceptors (Lipinski definition) is 7. The van der Waals surface area contributed by atoms with Crippen LogP contribution in [0, 0.1) is 0 Å². The highest BCUT2D eigenvalue weighted by molar-refractivity contribution is 4.94. The van der Waals surface area contributed by atoms with E-state index in [1.54, 1.807) is 0 Å². The first-order valence-electron chi connectivity index (χ1n) is 6.85. The van der Waals surface area contributed by atoms with Crippen molar-refractivity contribution >= 4 is 0 Å². The van der Waals surface area contributed by atoms with Gasteiger partial charge in [0.2, 0.25) is 0 Å². The molecule has 2 rings (SSSR count). The molecule has 11 heteroatoms. The monoisotopic (exact) mass is 327 g/mol. The standard InChI is InChI=1S/C12H17N5O6/c1-21-4-5-22-10-9(19)7(6-14-16-13)23-11(10)17-3-2-8(18)15-12(17)20/h2-3,7,9-11,19H,4-6H2,1H3,(H,15,18,20). The molecule has 4 atom stereocenters. The zero-order valence-electron chi connectivity index (χ0n) is 12.4. The SMILES string of the molecule is COCCOC1C(O)C(CN=[N+]=[N-])OC1n1ccc(=O)[nH]c1=O. The van der Waals surface area contributed by atoms with E-state index in [1.807, 2.05) is 0 Å². The molecule has 4 unspecified atom stereocenters. The fourth-order valence-electron chi connectivity index (χ4n) is 2.29. The number of aliphatic hydroxyl groups is 1. The Labute approximate surface area is 130 Å². The van der Waals surface area contributed by atoms with Crippen LogP contribution < -0.4 is 11.2 Å². The van der Waals surface area contributed by atoms with Crippen molar-refractivity contribution in [2.45, 2.75) is 24.5 Å². The second-order valence-electron chi connectivity index (χ2n) is 4.81. The molecule has 0 bridgehead atoms. The number of ether oxygens (including phenoxy) is 3. The van der Waals surface area contributed by atoms with Gasteiger partial charge in [-0.25, -0.2) is 4.79 Å². The summed E-state index contributed by atoms with van der Waals surface area (Å²) < 4.78 is 17.1. The van der Waals surface area contributed by atoms with Crippen molar-refractivity contribution in [3.05, 3.63) is 43.5 Å². The normalized spacial score (nSPS) is 26.9. The molecule has 23 heavy (non-hydrogen) atoms. The van der Waals surface area contributed by atoms with Crippen LogP contribution >= 0.6 is 0 Å². The Morgan fingerprint density at radius 1 is 1.52 bits per heavy atom.